The van der Waals surface area contributed by atoms with E-state index in [1.807, 2.05) is 6.92 Å². The molecule has 0 radical (unpaired) electrons. The first kappa shape index (κ1) is 20.4. The van der Waals surface area contributed by atoms with E-state index in [-0.39, 0.29) is 30.3 Å². The van der Waals surface area contributed by atoms with Gasteiger partial charge in [0.05, 0.1) is 29.3 Å². The van der Waals surface area contributed by atoms with Gasteiger partial charge in [0.1, 0.15) is 0 Å². The van der Waals surface area contributed by atoms with E-state index in [2.05, 4.69) is 21.1 Å². The largest absolute Gasteiger partial charge is 0.372 e. The van der Waals surface area contributed by atoms with Crippen molar-refractivity contribution in [2.75, 3.05) is 23.3 Å². The minimum Gasteiger partial charge on any atom is -0.372 e. The number of amides is 4. The number of carbonyl (C=O) groups is 3. The van der Waals surface area contributed by atoms with Crippen molar-refractivity contribution in [1.29, 1.82) is 0 Å². The van der Waals surface area contributed by atoms with Crippen LogP contribution >= 0.6 is 0 Å². The molecule has 1 aromatic carbocycles. The van der Waals surface area contributed by atoms with Gasteiger partial charge in [0.2, 0.25) is 17.4 Å². The molecule has 1 saturated carbocycles. The zero-order chi connectivity index (χ0) is 23.1. The van der Waals surface area contributed by atoms with E-state index in [0.717, 1.165) is 19.4 Å². The number of nitrogens with zero attached hydrogens (tertiary/aromatic N) is 2. The highest BCUT2D eigenvalue weighted by Gasteiger charge is 2.63. The number of rotatable bonds is 3. The fourth-order valence-corrected chi connectivity index (χ4v) is 5.64. The second-order valence-corrected chi connectivity index (χ2v) is 9.56. The van der Waals surface area contributed by atoms with Gasteiger partial charge >= 0.3 is 6.03 Å². The van der Waals surface area contributed by atoms with Gasteiger partial charge in [-0.25, -0.2) is 9.18 Å². The van der Waals surface area contributed by atoms with Crippen LogP contribution in [0.4, 0.5) is 20.7 Å². The van der Waals surface area contributed by atoms with Crippen LogP contribution in [0.15, 0.2) is 10.6 Å². The summed E-state index contributed by atoms with van der Waals surface area (Å²) in [6, 6.07) is 0.0637. The molecule has 10 nitrogen and oxygen atoms in total. The molecule has 4 amide bonds. The molecule has 3 fully saturated rings. The van der Waals surface area contributed by atoms with Gasteiger partial charge in [-0.05, 0) is 44.2 Å². The third-order valence-corrected chi connectivity index (χ3v) is 7.22. The Bertz CT molecular complexity index is 1190. The number of halogens is 1. The average molecular weight is 457 g/mol. The Morgan fingerprint density at radius 3 is 2.67 bits per heavy atom. The Kier molecular flexibility index (Phi) is 4.26. The van der Waals surface area contributed by atoms with Crippen molar-refractivity contribution in [2.45, 2.75) is 51.4 Å². The molecular weight excluding hydrogens is 433 g/mol. The summed E-state index contributed by atoms with van der Waals surface area (Å²) >= 11 is 0. The van der Waals surface area contributed by atoms with Crippen LogP contribution in [0.2, 0.25) is 0 Å². The van der Waals surface area contributed by atoms with Crippen molar-refractivity contribution in [3.05, 3.63) is 17.4 Å². The van der Waals surface area contributed by atoms with E-state index in [9.17, 15) is 14.4 Å². The van der Waals surface area contributed by atoms with Crippen molar-refractivity contribution < 1.29 is 28.0 Å². The number of hydrogen-bond donors (Lipinski definition) is 3. The number of carbonyl (C=O) groups excluding carboxylic acids is 3. The van der Waals surface area contributed by atoms with Gasteiger partial charge in [0.15, 0.2) is 17.1 Å². The highest BCUT2D eigenvalue weighted by Crippen LogP contribution is 2.49. The fourth-order valence-electron chi connectivity index (χ4n) is 5.64. The summed E-state index contributed by atoms with van der Waals surface area (Å²) in [6.07, 6.45) is 1.36. The number of anilines is 2. The maximum absolute atomic E-state index is 15.9. The standard InChI is InChI=1S/C22H24FN5O5/c1-9-8-28-15-12(5-13-16(14(15)23)33-27-18(13)24-7-11-3-4-11)6-22(17(28)10(2)32-9)19(29)25-21(31)26-20(22)30/h5,9-11,17H,3-4,6-8H2,1-2H3,(H,24,27)(H2,25,26,29,30,31)/t9-,10+,17-/m1/s1. The summed E-state index contributed by atoms with van der Waals surface area (Å²) in [6.45, 7) is 4.59. The monoisotopic (exact) mass is 457 g/mol. The predicted octanol–water partition coefficient (Wildman–Crippen LogP) is 1.68. The summed E-state index contributed by atoms with van der Waals surface area (Å²) in [5.41, 5.74) is -0.863. The third-order valence-electron chi connectivity index (χ3n) is 7.22. The lowest BCUT2D eigenvalue weighted by Gasteiger charge is -2.55. The molecule has 174 valence electrons. The Hall–Kier alpha value is -3.21. The van der Waals surface area contributed by atoms with Crippen molar-refractivity contribution in [1.82, 2.24) is 15.8 Å². The number of hydrogen-bond acceptors (Lipinski definition) is 8. The lowest BCUT2D eigenvalue weighted by Crippen LogP contribution is -2.75. The van der Waals surface area contributed by atoms with Gasteiger partial charge in [-0.3, -0.25) is 20.2 Å². The smallest absolute Gasteiger partial charge is 0.328 e. The van der Waals surface area contributed by atoms with Crippen LogP contribution in [0.1, 0.15) is 32.3 Å². The SMILES string of the molecule is C[C@@H]1CN2c3c(cc4c(NCC5CC5)noc4c3F)CC3(C(=O)NC(=O)NC3=O)[C@H]2[C@H](C)O1. The first-order valence-electron chi connectivity index (χ1n) is 11.2. The van der Waals surface area contributed by atoms with E-state index in [0.29, 0.717) is 22.7 Å². The lowest BCUT2D eigenvalue weighted by molar-refractivity contribution is -0.153. The number of barbiturate groups is 1. The van der Waals surface area contributed by atoms with Crippen LogP contribution in [-0.2, 0) is 20.7 Å². The molecule has 6 rings (SSSR count). The van der Waals surface area contributed by atoms with E-state index in [1.54, 1.807) is 17.9 Å². The normalized spacial score (nSPS) is 28.4. The summed E-state index contributed by atoms with van der Waals surface area (Å²) in [7, 11) is 0. The van der Waals surface area contributed by atoms with Crippen LogP contribution in [0.3, 0.4) is 0 Å². The highest BCUT2D eigenvalue weighted by atomic mass is 19.1. The van der Waals surface area contributed by atoms with Crippen molar-refractivity contribution in [3.8, 4) is 0 Å². The zero-order valence-electron chi connectivity index (χ0n) is 18.2. The second kappa shape index (κ2) is 6.89. The van der Waals surface area contributed by atoms with Gasteiger partial charge in [-0.2, -0.15) is 0 Å². The van der Waals surface area contributed by atoms with Crippen LogP contribution in [0.25, 0.3) is 11.0 Å². The fraction of sp³-hybridized carbons (Fsp3) is 0.545. The van der Waals surface area contributed by atoms with E-state index in [4.69, 9.17) is 9.26 Å². The number of urea groups is 1. The zero-order valence-corrected chi connectivity index (χ0v) is 18.2. The minimum atomic E-state index is -1.65. The van der Waals surface area contributed by atoms with Crippen LogP contribution in [0, 0.1) is 17.2 Å². The molecule has 4 heterocycles. The molecule has 0 bridgehead atoms. The van der Waals surface area contributed by atoms with Crippen LogP contribution in [0.5, 0.6) is 0 Å². The van der Waals surface area contributed by atoms with Crippen LogP contribution < -0.4 is 20.9 Å². The van der Waals surface area contributed by atoms with E-state index >= 15 is 4.39 Å². The third kappa shape index (κ3) is 2.87. The number of benzene rings is 1. The van der Waals surface area contributed by atoms with Crippen molar-refractivity contribution in [2.24, 2.45) is 11.3 Å². The lowest BCUT2D eigenvalue weighted by atomic mass is 9.66. The molecule has 3 aliphatic heterocycles. The Morgan fingerprint density at radius 1 is 1.24 bits per heavy atom. The van der Waals surface area contributed by atoms with Gasteiger partial charge in [0.25, 0.3) is 0 Å². The molecule has 2 aromatic rings. The first-order valence-corrected chi connectivity index (χ1v) is 11.2. The Labute approximate surface area is 188 Å². The average Bonchev–Trinajstić information content (AvgIpc) is 3.48. The quantitative estimate of drug-likeness (QED) is 0.595. The van der Waals surface area contributed by atoms with Crippen molar-refractivity contribution >= 4 is 40.3 Å². The Morgan fingerprint density at radius 2 is 1.97 bits per heavy atom. The number of ether oxygens (including phenoxy) is 1. The van der Waals surface area contributed by atoms with Crippen molar-refractivity contribution in [3.63, 3.8) is 0 Å². The van der Waals surface area contributed by atoms with Gasteiger partial charge in [0, 0.05) is 19.5 Å². The number of imide groups is 2. The molecule has 4 aliphatic rings. The number of aromatic nitrogens is 1. The van der Waals surface area contributed by atoms with Crippen LogP contribution in [-0.4, -0.2) is 54.3 Å². The molecule has 1 aliphatic carbocycles. The molecule has 1 aromatic heterocycles. The second-order valence-electron chi connectivity index (χ2n) is 9.56. The van der Waals surface area contributed by atoms with E-state index in [1.165, 1.54) is 0 Å². The number of nitrogens with one attached hydrogen (secondary N) is 3. The first-order chi connectivity index (χ1) is 15.8. The van der Waals surface area contributed by atoms with E-state index < -0.39 is 41.2 Å². The minimum absolute atomic E-state index is 0.0290. The highest BCUT2D eigenvalue weighted by molar-refractivity contribution is 6.20. The predicted molar refractivity (Wildman–Crippen MR) is 114 cm³/mol. The van der Waals surface area contributed by atoms with Gasteiger partial charge in [-0.15, -0.1) is 0 Å². The Balaban J connectivity index is 1.53. The molecule has 11 heteroatoms. The molecule has 0 unspecified atom stereocenters. The summed E-state index contributed by atoms with van der Waals surface area (Å²) in [4.78, 5) is 40.0. The van der Waals surface area contributed by atoms with Gasteiger partial charge < -0.3 is 19.5 Å². The van der Waals surface area contributed by atoms with Gasteiger partial charge in [-0.1, -0.05) is 5.16 Å². The maximum atomic E-state index is 15.9. The summed E-state index contributed by atoms with van der Waals surface area (Å²) in [5, 5.41) is 12.2. The molecule has 33 heavy (non-hydrogen) atoms. The molecule has 3 atom stereocenters. The summed E-state index contributed by atoms with van der Waals surface area (Å²) < 4.78 is 27.2. The molecular formula is C22H24FN5O5. The molecule has 1 spiro atoms. The number of fused-ring (bicyclic) bond motifs is 5. The molecule has 2 saturated heterocycles. The molecule has 3 N–H and O–H groups in total. The topological polar surface area (TPSA) is 126 Å². The maximum Gasteiger partial charge on any atom is 0.328 e. The summed E-state index contributed by atoms with van der Waals surface area (Å²) in [5.74, 6) is -0.985. The number of morpholine rings is 1.